The van der Waals surface area contributed by atoms with Crippen LogP contribution in [-0.4, -0.2) is 52.6 Å². The summed E-state index contributed by atoms with van der Waals surface area (Å²) in [4.78, 5) is 0. The molecule has 5 nitrogen and oxygen atoms in total. The van der Waals surface area contributed by atoms with E-state index in [2.05, 4.69) is 60.4 Å². The van der Waals surface area contributed by atoms with Crippen molar-refractivity contribution in [3.05, 3.63) is 53.6 Å². The maximum absolute atomic E-state index is 10.6. The highest BCUT2D eigenvalue weighted by Crippen LogP contribution is 2.39. The van der Waals surface area contributed by atoms with Gasteiger partial charge < -0.3 is 23.7 Å². The third kappa shape index (κ3) is 9.31. The number of benzene rings is 1. The van der Waals surface area contributed by atoms with Gasteiger partial charge >= 0.3 is 0 Å². The molecule has 6 heteroatoms. The second-order valence-corrected chi connectivity index (χ2v) is 15.6. The Balaban J connectivity index is 2.91. The molecular formula is C28H48O5Si. The van der Waals surface area contributed by atoms with E-state index in [1.165, 1.54) is 0 Å². The van der Waals surface area contributed by atoms with Crippen LogP contribution in [0.4, 0.5) is 0 Å². The van der Waals surface area contributed by atoms with Gasteiger partial charge in [0.1, 0.15) is 5.75 Å². The van der Waals surface area contributed by atoms with E-state index in [-0.39, 0.29) is 23.2 Å². The summed E-state index contributed by atoms with van der Waals surface area (Å²) in [6.45, 7) is 22.2. The highest BCUT2D eigenvalue weighted by atomic mass is 28.4. The fourth-order valence-electron chi connectivity index (χ4n) is 3.56. The van der Waals surface area contributed by atoms with Crippen molar-refractivity contribution in [1.29, 1.82) is 0 Å². The lowest BCUT2D eigenvalue weighted by atomic mass is 9.89. The second kappa shape index (κ2) is 13.6. The number of hydrogen-bond acceptors (Lipinski definition) is 5. The summed E-state index contributed by atoms with van der Waals surface area (Å²) >= 11 is 0. The molecule has 0 saturated heterocycles. The SMILES string of the molecule is C=C(C)C(O)C[C@H](O[Si](C)(C)C(C)(C)C)[C@H](C)[C@@H](OC)/C(C)=C/COCc1ccc(OC)cc1. The summed E-state index contributed by atoms with van der Waals surface area (Å²) in [5.74, 6) is 0.883. The Hall–Kier alpha value is -1.44. The first-order valence-corrected chi connectivity index (χ1v) is 15.1. The van der Waals surface area contributed by atoms with E-state index in [0.717, 1.165) is 22.5 Å². The lowest BCUT2D eigenvalue weighted by molar-refractivity contribution is 0.000279. The summed E-state index contributed by atoms with van der Waals surface area (Å²) < 4.78 is 23.8. The number of aliphatic hydroxyl groups is 1. The van der Waals surface area contributed by atoms with Gasteiger partial charge in [-0.1, -0.05) is 58.1 Å². The Morgan fingerprint density at radius 1 is 1.12 bits per heavy atom. The second-order valence-electron chi connectivity index (χ2n) is 10.8. The van der Waals surface area contributed by atoms with E-state index < -0.39 is 14.4 Å². The molecular weight excluding hydrogens is 444 g/mol. The first-order valence-electron chi connectivity index (χ1n) is 12.1. The van der Waals surface area contributed by atoms with Crippen molar-refractivity contribution in [1.82, 2.24) is 0 Å². The van der Waals surface area contributed by atoms with Crippen LogP contribution in [0.15, 0.2) is 48.1 Å². The molecule has 0 heterocycles. The number of methoxy groups -OCH3 is 2. The van der Waals surface area contributed by atoms with Gasteiger partial charge in [-0.3, -0.25) is 0 Å². The molecule has 0 radical (unpaired) electrons. The molecule has 0 amide bonds. The van der Waals surface area contributed by atoms with Gasteiger partial charge in [-0.25, -0.2) is 0 Å². The number of ether oxygens (including phenoxy) is 3. The van der Waals surface area contributed by atoms with Crippen LogP contribution in [0.25, 0.3) is 0 Å². The van der Waals surface area contributed by atoms with Crippen molar-refractivity contribution in [2.45, 2.75) is 91.0 Å². The maximum atomic E-state index is 10.6. The summed E-state index contributed by atoms with van der Waals surface area (Å²) in [6.07, 6.45) is 1.68. The Labute approximate surface area is 209 Å². The normalized spacial score (nSPS) is 16.6. The lowest BCUT2D eigenvalue weighted by Crippen LogP contribution is -2.48. The van der Waals surface area contributed by atoms with Crippen LogP contribution in [0.5, 0.6) is 5.75 Å². The zero-order valence-electron chi connectivity index (χ0n) is 23.1. The molecule has 1 aromatic carbocycles. The van der Waals surface area contributed by atoms with E-state index in [9.17, 15) is 5.11 Å². The minimum Gasteiger partial charge on any atom is -0.497 e. The van der Waals surface area contributed by atoms with Crippen LogP contribution >= 0.6 is 0 Å². The fraction of sp³-hybridized carbons (Fsp3) is 0.643. The van der Waals surface area contributed by atoms with Gasteiger partial charge in [-0.15, -0.1) is 0 Å². The van der Waals surface area contributed by atoms with Gasteiger partial charge in [-0.2, -0.15) is 0 Å². The maximum Gasteiger partial charge on any atom is 0.192 e. The zero-order valence-corrected chi connectivity index (χ0v) is 24.1. The van der Waals surface area contributed by atoms with Crippen LogP contribution < -0.4 is 4.74 Å². The first kappa shape index (κ1) is 30.6. The molecule has 34 heavy (non-hydrogen) atoms. The Kier molecular flexibility index (Phi) is 12.2. The Morgan fingerprint density at radius 2 is 1.71 bits per heavy atom. The molecule has 0 spiro atoms. The van der Waals surface area contributed by atoms with E-state index in [4.69, 9.17) is 18.6 Å². The molecule has 0 fully saturated rings. The largest absolute Gasteiger partial charge is 0.497 e. The third-order valence-electron chi connectivity index (χ3n) is 6.99. The van der Waals surface area contributed by atoms with Crippen molar-refractivity contribution in [3.8, 4) is 5.75 Å². The van der Waals surface area contributed by atoms with Crippen LogP contribution in [0.3, 0.4) is 0 Å². The van der Waals surface area contributed by atoms with Crippen LogP contribution in [0.2, 0.25) is 18.1 Å². The molecule has 0 aliphatic carbocycles. The molecule has 1 rings (SSSR count). The summed E-state index contributed by atoms with van der Waals surface area (Å²) in [5, 5.41) is 10.7. The highest BCUT2D eigenvalue weighted by Gasteiger charge is 2.42. The predicted molar refractivity (Wildman–Crippen MR) is 144 cm³/mol. The molecule has 4 atom stereocenters. The lowest BCUT2D eigenvalue weighted by Gasteiger charge is -2.43. The van der Waals surface area contributed by atoms with Crippen molar-refractivity contribution >= 4 is 8.32 Å². The molecule has 0 aliphatic rings. The van der Waals surface area contributed by atoms with Gasteiger partial charge in [0.15, 0.2) is 8.32 Å². The number of rotatable bonds is 14. The third-order valence-corrected chi connectivity index (χ3v) is 11.5. The predicted octanol–water partition coefficient (Wildman–Crippen LogP) is 6.53. The molecule has 0 saturated carbocycles. The van der Waals surface area contributed by atoms with Gasteiger partial charge in [0.05, 0.1) is 38.6 Å². The molecule has 1 unspecified atom stereocenters. The quantitative estimate of drug-likeness (QED) is 0.182. The average Bonchev–Trinajstić information content (AvgIpc) is 2.76. The number of aliphatic hydroxyl groups excluding tert-OH is 1. The van der Waals surface area contributed by atoms with E-state index in [1.807, 2.05) is 31.2 Å². The Morgan fingerprint density at radius 3 is 2.18 bits per heavy atom. The molecule has 1 aromatic rings. The highest BCUT2D eigenvalue weighted by molar-refractivity contribution is 6.74. The van der Waals surface area contributed by atoms with Gasteiger partial charge in [0.25, 0.3) is 0 Å². The fourth-order valence-corrected chi connectivity index (χ4v) is 4.98. The van der Waals surface area contributed by atoms with Gasteiger partial charge in [0.2, 0.25) is 0 Å². The zero-order chi connectivity index (χ0) is 26.1. The van der Waals surface area contributed by atoms with Gasteiger partial charge in [-0.05, 0) is 55.2 Å². The Bertz CT molecular complexity index is 779. The smallest absolute Gasteiger partial charge is 0.192 e. The van der Waals surface area contributed by atoms with E-state index in [1.54, 1.807) is 14.2 Å². The molecule has 0 aromatic heterocycles. The van der Waals surface area contributed by atoms with E-state index >= 15 is 0 Å². The molecule has 1 N–H and O–H groups in total. The standard InChI is InChI=1S/C28H48O5Si/c1-20(2)25(29)18-26(33-34(10,11)28(5,6)7)22(4)27(31-9)21(3)16-17-32-19-23-12-14-24(30-8)15-13-23/h12-16,22,25-27,29H,1,17-19H2,2-11H3/b21-16+/t22-,25?,26-,27-/m0/s1. The molecule has 194 valence electrons. The monoisotopic (exact) mass is 492 g/mol. The molecule has 0 aliphatic heterocycles. The van der Waals surface area contributed by atoms with E-state index in [0.29, 0.717) is 19.6 Å². The minimum atomic E-state index is -2.05. The first-order chi connectivity index (χ1) is 15.7. The van der Waals surface area contributed by atoms with Crippen LogP contribution in [0.1, 0.15) is 53.5 Å². The summed E-state index contributed by atoms with van der Waals surface area (Å²) in [7, 11) is 1.34. The summed E-state index contributed by atoms with van der Waals surface area (Å²) in [5.41, 5.74) is 2.95. The van der Waals surface area contributed by atoms with Crippen LogP contribution in [0, 0.1) is 5.92 Å². The summed E-state index contributed by atoms with van der Waals surface area (Å²) in [6, 6.07) is 7.88. The van der Waals surface area contributed by atoms with Crippen molar-refractivity contribution in [2.75, 3.05) is 20.8 Å². The molecule has 0 bridgehead atoms. The van der Waals surface area contributed by atoms with Crippen LogP contribution in [-0.2, 0) is 20.5 Å². The number of hydrogen-bond donors (Lipinski definition) is 1. The van der Waals surface area contributed by atoms with Crippen molar-refractivity contribution < 1.29 is 23.7 Å². The van der Waals surface area contributed by atoms with Crippen molar-refractivity contribution in [2.24, 2.45) is 5.92 Å². The van der Waals surface area contributed by atoms with Crippen molar-refractivity contribution in [3.63, 3.8) is 0 Å². The average molecular weight is 493 g/mol. The topological polar surface area (TPSA) is 57.2 Å². The minimum absolute atomic E-state index is 0.0472. The van der Waals surface area contributed by atoms with Gasteiger partial charge in [0, 0.05) is 19.4 Å².